The highest BCUT2D eigenvalue weighted by molar-refractivity contribution is 5.95. The Kier molecular flexibility index (Phi) is 4.41. The fraction of sp³-hybridized carbons (Fsp3) is 0.741. The Hall–Kier alpha value is -1.53. The normalized spacial score (nSPS) is 44.6. The molecule has 0 aromatic carbocycles. The van der Waals surface area contributed by atoms with Crippen LogP contribution in [0, 0.1) is 52.8 Å². The van der Waals surface area contributed by atoms with Crippen LogP contribution in [0.15, 0.2) is 10.5 Å². The number of hydrogen-bond donors (Lipinski definition) is 1. The van der Waals surface area contributed by atoms with E-state index < -0.39 is 5.60 Å². The number of carbonyl (C=O) groups excluding carboxylic acids is 1. The molecule has 1 N–H and O–H groups in total. The summed E-state index contributed by atoms with van der Waals surface area (Å²) in [6.07, 6.45) is 14.2. The molecule has 5 rings (SSSR count). The van der Waals surface area contributed by atoms with Crippen molar-refractivity contribution >= 4 is 5.78 Å². The summed E-state index contributed by atoms with van der Waals surface area (Å²) in [7, 11) is 0. The number of aliphatic hydroxyl groups is 1. The summed E-state index contributed by atoms with van der Waals surface area (Å²) in [6, 6.07) is 2.04. The van der Waals surface area contributed by atoms with Gasteiger partial charge < -0.3 is 9.52 Å². The van der Waals surface area contributed by atoms with Crippen LogP contribution < -0.4 is 0 Å². The maximum Gasteiger partial charge on any atom is 0.200 e. The number of terminal acetylenes is 1. The SMILES string of the molecule is C#C[C@]1(O)CCC2C3CC[C@H]4Cc5oc(C(=O)C(C)C)cc5C[C@]4(C)C3CC[C@@]21C. The van der Waals surface area contributed by atoms with E-state index in [0.717, 1.165) is 44.3 Å². The summed E-state index contributed by atoms with van der Waals surface area (Å²) in [5.74, 6) is 6.95. The van der Waals surface area contributed by atoms with Gasteiger partial charge in [-0.2, -0.15) is 0 Å². The van der Waals surface area contributed by atoms with Gasteiger partial charge in [0.15, 0.2) is 5.76 Å². The van der Waals surface area contributed by atoms with Crippen LogP contribution in [0.5, 0.6) is 0 Å². The second kappa shape index (κ2) is 6.49. The first-order valence-corrected chi connectivity index (χ1v) is 12.0. The Morgan fingerprint density at radius 1 is 1.20 bits per heavy atom. The van der Waals surface area contributed by atoms with Crippen molar-refractivity contribution in [2.75, 3.05) is 0 Å². The third-order valence-electron chi connectivity index (χ3n) is 10.1. The van der Waals surface area contributed by atoms with Crippen molar-refractivity contribution < 1.29 is 14.3 Å². The molecule has 0 saturated heterocycles. The summed E-state index contributed by atoms with van der Waals surface area (Å²) >= 11 is 0. The van der Waals surface area contributed by atoms with Gasteiger partial charge >= 0.3 is 0 Å². The van der Waals surface area contributed by atoms with E-state index in [1.54, 1.807) is 0 Å². The number of carbonyl (C=O) groups is 1. The lowest BCUT2D eigenvalue weighted by Gasteiger charge is -2.60. The summed E-state index contributed by atoms with van der Waals surface area (Å²) in [5.41, 5.74) is 0.434. The van der Waals surface area contributed by atoms with Gasteiger partial charge in [0, 0.05) is 17.8 Å². The molecular formula is C27H36O3. The van der Waals surface area contributed by atoms with Crippen LogP contribution >= 0.6 is 0 Å². The Bertz CT molecular complexity index is 919. The first-order chi connectivity index (χ1) is 14.1. The van der Waals surface area contributed by atoms with E-state index in [1.165, 1.54) is 18.4 Å². The van der Waals surface area contributed by atoms with Gasteiger partial charge in [-0.15, -0.1) is 6.42 Å². The Labute approximate surface area is 181 Å². The fourth-order valence-corrected chi connectivity index (χ4v) is 8.23. The lowest BCUT2D eigenvalue weighted by Crippen LogP contribution is -2.56. The monoisotopic (exact) mass is 408 g/mol. The van der Waals surface area contributed by atoms with Crippen molar-refractivity contribution in [1.82, 2.24) is 0 Å². The molecule has 30 heavy (non-hydrogen) atoms. The molecular weight excluding hydrogens is 372 g/mol. The van der Waals surface area contributed by atoms with Crippen molar-refractivity contribution in [2.45, 2.75) is 84.7 Å². The molecule has 4 aliphatic rings. The first-order valence-electron chi connectivity index (χ1n) is 12.0. The topological polar surface area (TPSA) is 50.4 Å². The first kappa shape index (κ1) is 20.4. The Balaban J connectivity index is 1.46. The smallest absolute Gasteiger partial charge is 0.200 e. The molecule has 0 amide bonds. The van der Waals surface area contributed by atoms with Crippen molar-refractivity contribution in [3.63, 3.8) is 0 Å². The molecule has 4 aliphatic carbocycles. The maximum atomic E-state index is 12.5. The number of Topliss-reactive ketones (excluding diaryl/α,β-unsaturated/α-hetero) is 1. The van der Waals surface area contributed by atoms with Gasteiger partial charge in [-0.1, -0.05) is 33.6 Å². The fourth-order valence-electron chi connectivity index (χ4n) is 8.23. The van der Waals surface area contributed by atoms with E-state index in [4.69, 9.17) is 10.8 Å². The zero-order valence-electron chi connectivity index (χ0n) is 19.0. The van der Waals surface area contributed by atoms with Crippen molar-refractivity contribution in [3.05, 3.63) is 23.2 Å². The Morgan fingerprint density at radius 2 is 1.93 bits per heavy atom. The highest BCUT2D eigenvalue weighted by Crippen LogP contribution is 2.67. The van der Waals surface area contributed by atoms with Crippen molar-refractivity contribution in [3.8, 4) is 12.3 Å². The van der Waals surface area contributed by atoms with E-state index >= 15 is 0 Å². The number of ketones is 1. The molecule has 1 aromatic rings. The minimum atomic E-state index is -0.934. The Morgan fingerprint density at radius 3 is 2.63 bits per heavy atom. The molecule has 0 spiro atoms. The van der Waals surface area contributed by atoms with E-state index in [2.05, 4.69) is 19.8 Å². The van der Waals surface area contributed by atoms with Crippen LogP contribution in [0.3, 0.4) is 0 Å². The van der Waals surface area contributed by atoms with Gasteiger partial charge in [-0.25, -0.2) is 0 Å². The van der Waals surface area contributed by atoms with Gasteiger partial charge in [0.1, 0.15) is 11.4 Å². The van der Waals surface area contributed by atoms with Gasteiger partial charge in [-0.05, 0) is 85.7 Å². The summed E-state index contributed by atoms with van der Waals surface area (Å²) in [5, 5.41) is 11.2. The largest absolute Gasteiger partial charge is 0.458 e. The van der Waals surface area contributed by atoms with Gasteiger partial charge in [0.05, 0.1) is 0 Å². The molecule has 3 nitrogen and oxygen atoms in total. The molecule has 3 unspecified atom stereocenters. The third-order valence-corrected chi connectivity index (χ3v) is 10.1. The summed E-state index contributed by atoms with van der Waals surface area (Å²) in [6.45, 7) is 8.63. The second-order valence-electron chi connectivity index (χ2n) is 11.6. The standard InChI is InChI=1S/C27H36O3/c1-6-27(29)12-10-21-19-8-7-18-14-22-17(13-23(30-22)24(28)16(2)3)15-25(18,4)20(19)9-11-26(21,27)5/h1,13,16,18-21,29H,7-12,14-15H2,2-5H3/t18-,19?,20?,21?,25-,26-,27-/m0/s1. The average Bonchev–Trinajstić information content (AvgIpc) is 3.23. The number of fused-ring (bicyclic) bond motifs is 6. The average molecular weight is 409 g/mol. The van der Waals surface area contributed by atoms with Crippen molar-refractivity contribution in [1.29, 1.82) is 0 Å². The van der Waals surface area contributed by atoms with E-state index in [9.17, 15) is 9.90 Å². The van der Waals surface area contributed by atoms with Crippen LogP contribution in [-0.2, 0) is 12.8 Å². The zero-order chi connectivity index (χ0) is 21.5. The predicted octanol–water partition coefficient (Wildman–Crippen LogP) is 5.44. The molecule has 3 heteroatoms. The van der Waals surface area contributed by atoms with Gasteiger partial charge in [0.2, 0.25) is 5.78 Å². The minimum Gasteiger partial charge on any atom is -0.458 e. The van der Waals surface area contributed by atoms with E-state index in [-0.39, 0.29) is 22.5 Å². The van der Waals surface area contributed by atoms with Crippen LogP contribution in [0.1, 0.15) is 88.1 Å². The molecule has 3 saturated carbocycles. The van der Waals surface area contributed by atoms with Crippen LogP contribution in [0.25, 0.3) is 0 Å². The van der Waals surface area contributed by atoms with Gasteiger partial charge in [-0.3, -0.25) is 4.79 Å². The highest BCUT2D eigenvalue weighted by atomic mass is 16.3. The molecule has 7 atom stereocenters. The van der Waals surface area contributed by atoms with E-state index in [0.29, 0.717) is 29.4 Å². The van der Waals surface area contributed by atoms with Gasteiger partial charge in [0.25, 0.3) is 0 Å². The minimum absolute atomic E-state index is 0.0341. The predicted molar refractivity (Wildman–Crippen MR) is 117 cm³/mol. The third kappa shape index (κ3) is 2.52. The number of furan rings is 1. The summed E-state index contributed by atoms with van der Waals surface area (Å²) in [4.78, 5) is 12.5. The van der Waals surface area contributed by atoms with E-state index in [1.807, 2.05) is 19.9 Å². The lowest BCUT2D eigenvalue weighted by atomic mass is 9.44. The van der Waals surface area contributed by atoms with Crippen LogP contribution in [0.2, 0.25) is 0 Å². The zero-order valence-corrected chi connectivity index (χ0v) is 19.0. The second-order valence-corrected chi connectivity index (χ2v) is 11.6. The molecule has 0 radical (unpaired) electrons. The number of hydrogen-bond acceptors (Lipinski definition) is 3. The number of rotatable bonds is 2. The molecule has 162 valence electrons. The van der Waals surface area contributed by atoms with Crippen LogP contribution in [0.4, 0.5) is 0 Å². The highest BCUT2D eigenvalue weighted by Gasteiger charge is 2.64. The maximum absolute atomic E-state index is 12.5. The van der Waals surface area contributed by atoms with Crippen molar-refractivity contribution in [2.24, 2.45) is 40.4 Å². The quantitative estimate of drug-likeness (QED) is 0.524. The van der Waals surface area contributed by atoms with Crippen LogP contribution in [-0.4, -0.2) is 16.5 Å². The lowest BCUT2D eigenvalue weighted by molar-refractivity contribution is -0.128. The molecule has 3 fully saturated rings. The molecule has 0 aliphatic heterocycles. The molecule has 1 aromatic heterocycles. The molecule has 0 bridgehead atoms. The molecule has 1 heterocycles. The summed E-state index contributed by atoms with van der Waals surface area (Å²) < 4.78 is 6.08.